The number of carbonyl (C=O) groups excluding carboxylic acids is 1. The largest absolute Gasteiger partial charge is 0.480 e. The second-order valence-electron chi connectivity index (χ2n) is 5.89. The molecule has 1 aromatic carbocycles. The van der Waals surface area contributed by atoms with E-state index in [2.05, 4.69) is 5.32 Å². The number of carboxylic acids is 1. The third-order valence-electron chi connectivity index (χ3n) is 3.48. The van der Waals surface area contributed by atoms with Crippen LogP contribution < -0.4 is 5.32 Å². The molecule has 1 rings (SSSR count). The number of rotatable bonds is 14. The first-order valence-corrected chi connectivity index (χ1v) is 9.68. The quantitative estimate of drug-likeness (QED) is 0.330. The standard InChI is InChI=1S/C18H27NO7S/c1-25-9-14(20)10-26-11-15(21)12-27-8-7-16(18(23)24)19-17(22)13-5-3-2-4-6-13/h2-6,14-16,20-21H,7-12H2,1H3,(H,19,22)(H,23,24). The lowest BCUT2D eigenvalue weighted by Gasteiger charge is -2.16. The van der Waals surface area contributed by atoms with Gasteiger partial charge in [-0.1, -0.05) is 18.2 Å². The second kappa shape index (κ2) is 13.5. The van der Waals surface area contributed by atoms with Crippen LogP contribution in [0.3, 0.4) is 0 Å². The molecule has 152 valence electrons. The monoisotopic (exact) mass is 401 g/mol. The number of hydrogen-bond acceptors (Lipinski definition) is 7. The fourth-order valence-corrected chi connectivity index (χ4v) is 3.08. The van der Waals surface area contributed by atoms with Crippen LogP contribution in [0.1, 0.15) is 16.8 Å². The number of ether oxygens (including phenoxy) is 2. The molecule has 0 bridgehead atoms. The average Bonchev–Trinajstić information content (AvgIpc) is 2.64. The summed E-state index contributed by atoms with van der Waals surface area (Å²) in [6.07, 6.45) is -1.23. The Kier molecular flexibility index (Phi) is 11.7. The topological polar surface area (TPSA) is 125 Å². The summed E-state index contributed by atoms with van der Waals surface area (Å²) >= 11 is 1.37. The Hall–Kier alpha value is -1.65. The Morgan fingerprint density at radius 2 is 1.78 bits per heavy atom. The molecule has 27 heavy (non-hydrogen) atoms. The number of carbonyl (C=O) groups is 2. The third-order valence-corrected chi connectivity index (χ3v) is 4.62. The number of carboxylic acid groups (broad SMARTS) is 1. The number of benzene rings is 1. The Morgan fingerprint density at radius 1 is 1.11 bits per heavy atom. The minimum Gasteiger partial charge on any atom is -0.480 e. The zero-order valence-corrected chi connectivity index (χ0v) is 16.1. The summed E-state index contributed by atoms with van der Waals surface area (Å²) in [6, 6.07) is 7.42. The van der Waals surface area contributed by atoms with E-state index in [4.69, 9.17) is 9.47 Å². The molecule has 0 saturated heterocycles. The van der Waals surface area contributed by atoms with Gasteiger partial charge in [0.15, 0.2) is 0 Å². The number of nitrogens with one attached hydrogen (secondary N) is 1. The molecular weight excluding hydrogens is 374 g/mol. The van der Waals surface area contributed by atoms with E-state index in [1.807, 2.05) is 0 Å². The lowest BCUT2D eigenvalue weighted by molar-refractivity contribution is -0.139. The lowest BCUT2D eigenvalue weighted by Crippen LogP contribution is -2.41. The van der Waals surface area contributed by atoms with Crippen LogP contribution in [0.4, 0.5) is 0 Å². The fraction of sp³-hybridized carbons (Fsp3) is 0.556. The normalized spacial score (nSPS) is 14.3. The van der Waals surface area contributed by atoms with Crippen LogP contribution in [-0.2, 0) is 14.3 Å². The molecule has 4 N–H and O–H groups in total. The van der Waals surface area contributed by atoms with E-state index in [9.17, 15) is 24.9 Å². The summed E-state index contributed by atoms with van der Waals surface area (Å²) < 4.78 is 9.95. The molecule has 0 aromatic heterocycles. The van der Waals surface area contributed by atoms with E-state index in [1.165, 1.54) is 18.9 Å². The van der Waals surface area contributed by atoms with Crippen molar-refractivity contribution < 1.29 is 34.4 Å². The van der Waals surface area contributed by atoms with Crippen LogP contribution in [0.2, 0.25) is 0 Å². The maximum atomic E-state index is 12.1. The van der Waals surface area contributed by atoms with E-state index in [0.29, 0.717) is 17.1 Å². The summed E-state index contributed by atoms with van der Waals surface area (Å²) in [4.78, 5) is 23.4. The number of aliphatic hydroxyl groups is 2. The van der Waals surface area contributed by atoms with Crippen molar-refractivity contribution in [2.45, 2.75) is 24.7 Å². The molecule has 9 heteroatoms. The molecule has 0 aliphatic heterocycles. The number of aliphatic carboxylic acids is 1. The summed E-state index contributed by atoms with van der Waals surface area (Å²) in [5.41, 5.74) is 0.402. The molecular formula is C18H27NO7S. The predicted octanol–water partition coefficient (Wildman–Crippen LogP) is 0.378. The molecule has 8 nitrogen and oxygen atoms in total. The van der Waals surface area contributed by atoms with Crippen LogP contribution >= 0.6 is 11.8 Å². The van der Waals surface area contributed by atoms with Gasteiger partial charge < -0.3 is 30.1 Å². The highest BCUT2D eigenvalue weighted by atomic mass is 32.2. The smallest absolute Gasteiger partial charge is 0.326 e. The molecule has 0 aliphatic carbocycles. The molecule has 1 aromatic rings. The number of methoxy groups -OCH3 is 1. The average molecular weight is 401 g/mol. The van der Waals surface area contributed by atoms with Gasteiger partial charge in [0, 0.05) is 18.4 Å². The molecule has 0 aliphatic rings. The Labute approximate surface area is 162 Å². The number of hydrogen-bond donors (Lipinski definition) is 4. The van der Waals surface area contributed by atoms with E-state index in [0.717, 1.165) is 0 Å². The van der Waals surface area contributed by atoms with Gasteiger partial charge in [-0.3, -0.25) is 4.79 Å². The van der Waals surface area contributed by atoms with Crippen molar-refractivity contribution >= 4 is 23.6 Å². The van der Waals surface area contributed by atoms with Gasteiger partial charge in [0.2, 0.25) is 0 Å². The van der Waals surface area contributed by atoms with E-state index < -0.39 is 30.1 Å². The van der Waals surface area contributed by atoms with Crippen LogP contribution in [0.25, 0.3) is 0 Å². The van der Waals surface area contributed by atoms with Crippen LogP contribution in [0.5, 0.6) is 0 Å². The molecule has 0 saturated carbocycles. The fourth-order valence-electron chi connectivity index (χ4n) is 2.14. The zero-order valence-electron chi connectivity index (χ0n) is 15.2. The SMILES string of the molecule is COCC(O)COCC(O)CSCCC(NC(=O)c1ccccc1)C(=O)O. The maximum Gasteiger partial charge on any atom is 0.326 e. The van der Waals surface area contributed by atoms with Crippen molar-refractivity contribution in [3.63, 3.8) is 0 Å². The zero-order chi connectivity index (χ0) is 20.1. The highest BCUT2D eigenvalue weighted by Crippen LogP contribution is 2.09. The summed E-state index contributed by atoms with van der Waals surface area (Å²) in [7, 11) is 1.47. The maximum absolute atomic E-state index is 12.1. The van der Waals surface area contributed by atoms with E-state index in [-0.39, 0.29) is 26.2 Å². The number of thioether (sulfide) groups is 1. The first-order valence-electron chi connectivity index (χ1n) is 8.53. The lowest BCUT2D eigenvalue weighted by atomic mass is 10.1. The van der Waals surface area contributed by atoms with Gasteiger partial charge in [0.1, 0.15) is 12.1 Å². The van der Waals surface area contributed by atoms with Crippen molar-refractivity contribution in [2.75, 3.05) is 38.4 Å². The van der Waals surface area contributed by atoms with Crippen LogP contribution in [0.15, 0.2) is 30.3 Å². The molecule has 3 atom stereocenters. The molecule has 1 amide bonds. The summed E-state index contributed by atoms with van der Waals surface area (Å²) in [5, 5.41) is 31.0. The van der Waals surface area contributed by atoms with E-state index >= 15 is 0 Å². The minimum atomic E-state index is -1.10. The molecule has 3 unspecified atom stereocenters. The van der Waals surface area contributed by atoms with Crippen molar-refractivity contribution in [2.24, 2.45) is 0 Å². The first kappa shape index (κ1) is 23.4. The number of amides is 1. The van der Waals surface area contributed by atoms with Crippen molar-refractivity contribution in [1.29, 1.82) is 0 Å². The summed E-state index contributed by atoms with van der Waals surface area (Å²) in [6.45, 7) is 0.305. The third kappa shape index (κ3) is 10.3. The van der Waals surface area contributed by atoms with Gasteiger partial charge in [-0.2, -0.15) is 11.8 Å². The highest BCUT2D eigenvalue weighted by molar-refractivity contribution is 7.99. The van der Waals surface area contributed by atoms with Crippen molar-refractivity contribution in [1.82, 2.24) is 5.32 Å². The van der Waals surface area contributed by atoms with Gasteiger partial charge in [0.05, 0.1) is 25.9 Å². The van der Waals surface area contributed by atoms with Crippen molar-refractivity contribution in [3.8, 4) is 0 Å². The Balaban J connectivity index is 2.25. The van der Waals surface area contributed by atoms with Crippen LogP contribution in [0, 0.1) is 0 Å². The van der Waals surface area contributed by atoms with E-state index in [1.54, 1.807) is 30.3 Å². The first-order chi connectivity index (χ1) is 12.9. The van der Waals surface area contributed by atoms with Crippen LogP contribution in [-0.4, -0.2) is 83.9 Å². The predicted molar refractivity (Wildman–Crippen MR) is 102 cm³/mol. The molecule has 0 fully saturated rings. The second-order valence-corrected chi connectivity index (χ2v) is 7.04. The van der Waals surface area contributed by atoms with Gasteiger partial charge in [-0.25, -0.2) is 4.79 Å². The van der Waals surface area contributed by atoms with Gasteiger partial charge in [-0.15, -0.1) is 0 Å². The highest BCUT2D eigenvalue weighted by Gasteiger charge is 2.20. The molecule has 0 spiro atoms. The molecule has 0 heterocycles. The van der Waals surface area contributed by atoms with Gasteiger partial charge in [0.25, 0.3) is 5.91 Å². The molecule has 0 radical (unpaired) electrons. The minimum absolute atomic E-state index is 0.0703. The summed E-state index contributed by atoms with van der Waals surface area (Å²) in [5.74, 6) is -0.721. The Bertz CT molecular complexity index is 558. The van der Waals surface area contributed by atoms with Gasteiger partial charge >= 0.3 is 5.97 Å². The number of aliphatic hydroxyl groups excluding tert-OH is 2. The van der Waals surface area contributed by atoms with Crippen molar-refractivity contribution in [3.05, 3.63) is 35.9 Å². The van der Waals surface area contributed by atoms with Gasteiger partial charge in [-0.05, 0) is 24.3 Å². The Morgan fingerprint density at radius 3 is 2.41 bits per heavy atom.